The largest absolute Gasteiger partial charge is 0.383 e. The van der Waals surface area contributed by atoms with Crippen LogP contribution in [0.25, 0.3) is 0 Å². The van der Waals surface area contributed by atoms with Gasteiger partial charge in [-0.1, -0.05) is 0 Å². The highest BCUT2D eigenvalue weighted by Crippen LogP contribution is 2.00. The van der Waals surface area contributed by atoms with E-state index in [1.54, 1.807) is 7.11 Å². The van der Waals surface area contributed by atoms with Crippen LogP contribution in [0.5, 0.6) is 0 Å². The van der Waals surface area contributed by atoms with E-state index in [4.69, 9.17) is 16.2 Å². The maximum absolute atomic E-state index is 10.7. The van der Waals surface area contributed by atoms with E-state index in [2.05, 4.69) is 18.7 Å². The van der Waals surface area contributed by atoms with Crippen molar-refractivity contribution in [3.8, 4) is 0 Å². The number of amides is 1. The molecule has 0 aromatic heterocycles. The molecule has 0 aliphatic carbocycles. The molecule has 4 N–H and O–H groups in total. The topological polar surface area (TPSA) is 81.6 Å². The van der Waals surface area contributed by atoms with Crippen molar-refractivity contribution in [2.75, 3.05) is 26.8 Å². The van der Waals surface area contributed by atoms with E-state index in [1.807, 2.05) is 0 Å². The third kappa shape index (κ3) is 6.43. The van der Waals surface area contributed by atoms with Crippen molar-refractivity contribution in [2.45, 2.75) is 32.4 Å². The zero-order chi connectivity index (χ0) is 11.8. The summed E-state index contributed by atoms with van der Waals surface area (Å²) in [5.41, 5.74) is 10.7. The first-order valence-electron chi connectivity index (χ1n) is 5.27. The van der Waals surface area contributed by atoms with Crippen LogP contribution in [0, 0.1) is 0 Å². The third-order valence-electron chi connectivity index (χ3n) is 2.41. The standard InChI is InChI=1S/C10H23N3O2/c1-8(2)13(6-7-15-3)5-4-9(11)10(12)14/h8-9H,4-7,11H2,1-3H3,(H2,12,14). The van der Waals surface area contributed by atoms with E-state index in [9.17, 15) is 4.79 Å². The first-order chi connectivity index (χ1) is 6.99. The molecular weight excluding hydrogens is 194 g/mol. The zero-order valence-electron chi connectivity index (χ0n) is 9.90. The lowest BCUT2D eigenvalue weighted by molar-refractivity contribution is -0.119. The Bertz CT molecular complexity index is 186. The number of primary amides is 1. The van der Waals surface area contributed by atoms with Crippen molar-refractivity contribution < 1.29 is 9.53 Å². The number of carbonyl (C=O) groups is 1. The molecule has 0 heterocycles. The smallest absolute Gasteiger partial charge is 0.234 e. The molecule has 15 heavy (non-hydrogen) atoms. The molecular formula is C10H23N3O2. The molecule has 0 aromatic carbocycles. The summed E-state index contributed by atoms with van der Waals surface area (Å²) in [6.07, 6.45) is 0.594. The summed E-state index contributed by atoms with van der Waals surface area (Å²) < 4.78 is 5.01. The molecule has 1 atom stereocenters. The van der Waals surface area contributed by atoms with Gasteiger partial charge in [-0.15, -0.1) is 0 Å². The van der Waals surface area contributed by atoms with Crippen molar-refractivity contribution in [1.29, 1.82) is 0 Å². The first kappa shape index (κ1) is 14.3. The van der Waals surface area contributed by atoms with Crippen LogP contribution >= 0.6 is 0 Å². The van der Waals surface area contributed by atoms with E-state index in [0.29, 0.717) is 19.1 Å². The number of rotatable bonds is 8. The number of carbonyl (C=O) groups excluding carboxylic acids is 1. The van der Waals surface area contributed by atoms with E-state index >= 15 is 0 Å². The zero-order valence-corrected chi connectivity index (χ0v) is 9.90. The van der Waals surface area contributed by atoms with Crippen molar-refractivity contribution in [3.05, 3.63) is 0 Å². The minimum absolute atomic E-state index is 0.417. The van der Waals surface area contributed by atoms with Gasteiger partial charge >= 0.3 is 0 Å². The summed E-state index contributed by atoms with van der Waals surface area (Å²) in [6.45, 7) is 6.51. The molecule has 0 saturated carbocycles. The normalized spacial score (nSPS) is 13.5. The van der Waals surface area contributed by atoms with Gasteiger partial charge in [0.15, 0.2) is 0 Å². The van der Waals surface area contributed by atoms with Crippen LogP contribution in [0.3, 0.4) is 0 Å². The van der Waals surface area contributed by atoms with Crippen LogP contribution in [-0.2, 0) is 9.53 Å². The highest BCUT2D eigenvalue weighted by Gasteiger charge is 2.13. The molecule has 0 bridgehead atoms. The Morgan fingerprint density at radius 1 is 1.40 bits per heavy atom. The van der Waals surface area contributed by atoms with Crippen LogP contribution < -0.4 is 11.5 Å². The van der Waals surface area contributed by atoms with Gasteiger partial charge in [-0.2, -0.15) is 0 Å². The summed E-state index contributed by atoms with van der Waals surface area (Å²) in [5, 5.41) is 0. The van der Waals surface area contributed by atoms with Gasteiger partial charge < -0.3 is 16.2 Å². The van der Waals surface area contributed by atoms with Gasteiger partial charge in [0.2, 0.25) is 5.91 Å². The fourth-order valence-corrected chi connectivity index (χ4v) is 1.28. The van der Waals surface area contributed by atoms with Crippen LogP contribution in [-0.4, -0.2) is 49.7 Å². The molecule has 0 aliphatic rings. The minimum Gasteiger partial charge on any atom is -0.383 e. The Balaban J connectivity index is 3.90. The average Bonchev–Trinajstić information content (AvgIpc) is 2.16. The molecule has 5 nitrogen and oxygen atoms in total. The van der Waals surface area contributed by atoms with Crippen molar-refractivity contribution in [2.24, 2.45) is 11.5 Å². The van der Waals surface area contributed by atoms with E-state index in [0.717, 1.165) is 13.1 Å². The molecule has 0 saturated heterocycles. The monoisotopic (exact) mass is 217 g/mol. The van der Waals surface area contributed by atoms with Gasteiger partial charge in [0.05, 0.1) is 12.6 Å². The first-order valence-corrected chi connectivity index (χ1v) is 5.27. The second kappa shape index (κ2) is 7.62. The van der Waals surface area contributed by atoms with Crippen LogP contribution in [0.2, 0.25) is 0 Å². The molecule has 0 rings (SSSR count). The summed E-state index contributed by atoms with van der Waals surface area (Å²) in [6, 6.07) is -0.131. The number of ether oxygens (including phenoxy) is 1. The van der Waals surface area contributed by atoms with Gasteiger partial charge in [-0.25, -0.2) is 0 Å². The Hall–Kier alpha value is -0.650. The number of hydrogen-bond donors (Lipinski definition) is 2. The molecule has 1 amide bonds. The number of methoxy groups -OCH3 is 1. The second-order valence-electron chi connectivity index (χ2n) is 3.92. The van der Waals surface area contributed by atoms with E-state index in [-0.39, 0.29) is 0 Å². The summed E-state index contributed by atoms with van der Waals surface area (Å²) in [5.74, 6) is -0.439. The quantitative estimate of drug-likeness (QED) is 0.577. The molecule has 5 heteroatoms. The van der Waals surface area contributed by atoms with E-state index in [1.165, 1.54) is 0 Å². The highest BCUT2D eigenvalue weighted by atomic mass is 16.5. The Labute approximate surface area is 91.7 Å². The molecule has 0 fully saturated rings. The van der Waals surface area contributed by atoms with Gasteiger partial charge in [-0.05, 0) is 20.3 Å². The minimum atomic E-state index is -0.547. The van der Waals surface area contributed by atoms with Gasteiger partial charge in [0.25, 0.3) is 0 Å². The maximum Gasteiger partial charge on any atom is 0.234 e. The lowest BCUT2D eigenvalue weighted by Crippen LogP contribution is -2.42. The third-order valence-corrected chi connectivity index (χ3v) is 2.41. The SMILES string of the molecule is COCCN(CCC(N)C(N)=O)C(C)C. The fraction of sp³-hybridized carbons (Fsp3) is 0.900. The molecule has 0 radical (unpaired) electrons. The molecule has 90 valence electrons. The summed E-state index contributed by atoms with van der Waals surface area (Å²) >= 11 is 0. The molecule has 0 aliphatic heterocycles. The van der Waals surface area contributed by atoms with Crippen LogP contribution in [0.15, 0.2) is 0 Å². The Morgan fingerprint density at radius 2 is 2.00 bits per heavy atom. The average molecular weight is 217 g/mol. The predicted molar refractivity (Wildman–Crippen MR) is 60.4 cm³/mol. The summed E-state index contributed by atoms with van der Waals surface area (Å²) in [7, 11) is 1.67. The number of nitrogens with two attached hydrogens (primary N) is 2. The highest BCUT2D eigenvalue weighted by molar-refractivity contribution is 5.79. The van der Waals surface area contributed by atoms with Crippen molar-refractivity contribution in [3.63, 3.8) is 0 Å². The summed E-state index contributed by atoms with van der Waals surface area (Å²) in [4.78, 5) is 13.0. The molecule has 1 unspecified atom stereocenters. The van der Waals surface area contributed by atoms with Crippen LogP contribution in [0.4, 0.5) is 0 Å². The predicted octanol–water partition coefficient (Wildman–Crippen LogP) is -0.454. The fourth-order valence-electron chi connectivity index (χ4n) is 1.28. The molecule has 0 aromatic rings. The van der Waals surface area contributed by atoms with Crippen molar-refractivity contribution in [1.82, 2.24) is 4.90 Å². The van der Waals surface area contributed by atoms with Gasteiger partial charge in [-0.3, -0.25) is 9.69 Å². The lowest BCUT2D eigenvalue weighted by Gasteiger charge is -2.26. The van der Waals surface area contributed by atoms with Gasteiger partial charge in [0, 0.05) is 26.2 Å². The van der Waals surface area contributed by atoms with E-state index < -0.39 is 11.9 Å². The Kier molecular flexibility index (Phi) is 7.29. The number of hydrogen-bond acceptors (Lipinski definition) is 4. The molecule has 0 spiro atoms. The lowest BCUT2D eigenvalue weighted by atomic mass is 10.2. The Morgan fingerprint density at radius 3 is 2.40 bits per heavy atom. The van der Waals surface area contributed by atoms with Crippen LogP contribution in [0.1, 0.15) is 20.3 Å². The second-order valence-corrected chi connectivity index (χ2v) is 3.92. The number of nitrogens with zero attached hydrogens (tertiary/aromatic N) is 1. The van der Waals surface area contributed by atoms with Crippen molar-refractivity contribution >= 4 is 5.91 Å². The van der Waals surface area contributed by atoms with Gasteiger partial charge in [0.1, 0.15) is 0 Å². The maximum atomic E-state index is 10.7.